The van der Waals surface area contributed by atoms with Gasteiger partial charge in [-0.1, -0.05) is 0 Å². The number of hydrogen-bond donors (Lipinski definition) is 0. The van der Waals surface area contributed by atoms with E-state index in [4.69, 9.17) is 4.98 Å². The summed E-state index contributed by atoms with van der Waals surface area (Å²) in [4.78, 5) is 26.2. The smallest absolute Gasteiger partial charge is 0.222 e. The monoisotopic (exact) mass is 328 g/mol. The van der Waals surface area contributed by atoms with Gasteiger partial charge in [0.25, 0.3) is 0 Å². The number of carbonyl (C=O) groups is 1. The zero-order valence-corrected chi connectivity index (χ0v) is 14.8. The summed E-state index contributed by atoms with van der Waals surface area (Å²) in [5.74, 6) is 2.45. The number of carbonyl (C=O) groups excluding carboxylic acids is 1. The molecular formula is C19H28N4O. The molecule has 0 atom stereocenters. The third kappa shape index (κ3) is 3.01. The Morgan fingerprint density at radius 2 is 1.67 bits per heavy atom. The first-order chi connectivity index (χ1) is 11.7. The van der Waals surface area contributed by atoms with Crippen LogP contribution in [-0.4, -0.2) is 46.5 Å². The summed E-state index contributed by atoms with van der Waals surface area (Å²) in [6.07, 6.45) is 9.87. The maximum atomic E-state index is 12.2. The van der Waals surface area contributed by atoms with Crippen LogP contribution in [-0.2, 0) is 17.6 Å². The van der Waals surface area contributed by atoms with Gasteiger partial charge in [0.05, 0.1) is 0 Å². The van der Waals surface area contributed by atoms with Crippen LogP contribution in [0.3, 0.4) is 0 Å². The molecule has 2 aliphatic heterocycles. The standard InChI is InChI=1S/C19H28N4O/c1-14-20-17-7-3-2-6-16(17)19(21-14)22-12-9-15(10-13-22)23-11-5-4-8-18(23)24/h15H,2-13H2,1H3. The molecule has 0 unspecified atom stereocenters. The third-order valence-electron chi connectivity index (χ3n) is 5.84. The van der Waals surface area contributed by atoms with E-state index in [0.717, 1.165) is 64.0 Å². The summed E-state index contributed by atoms with van der Waals surface area (Å²) in [6, 6.07) is 0.438. The largest absolute Gasteiger partial charge is 0.356 e. The van der Waals surface area contributed by atoms with Gasteiger partial charge >= 0.3 is 0 Å². The number of rotatable bonds is 2. The lowest BCUT2D eigenvalue weighted by atomic mass is 9.94. The first kappa shape index (κ1) is 15.9. The predicted octanol–water partition coefficient (Wildman–Crippen LogP) is 2.65. The Bertz CT molecular complexity index is 622. The number of likely N-dealkylation sites (tertiary alicyclic amines) is 1. The minimum absolute atomic E-state index is 0.370. The Kier molecular flexibility index (Phi) is 4.42. The van der Waals surface area contributed by atoms with Crippen molar-refractivity contribution in [2.24, 2.45) is 0 Å². The number of amides is 1. The fraction of sp³-hybridized carbons (Fsp3) is 0.737. The summed E-state index contributed by atoms with van der Waals surface area (Å²) in [6.45, 7) is 5.00. The molecule has 1 aromatic rings. The SMILES string of the molecule is Cc1nc2c(c(N3CCC(N4CCCCC4=O)CC3)n1)CCCC2. The Hall–Kier alpha value is -1.65. The fourth-order valence-electron chi connectivity index (χ4n) is 4.56. The first-order valence-electron chi connectivity index (χ1n) is 9.63. The number of aromatic nitrogens is 2. The molecule has 0 N–H and O–H groups in total. The van der Waals surface area contributed by atoms with Crippen molar-refractivity contribution in [3.63, 3.8) is 0 Å². The van der Waals surface area contributed by atoms with Gasteiger partial charge < -0.3 is 9.80 Å². The van der Waals surface area contributed by atoms with Gasteiger partial charge in [-0.05, 0) is 58.3 Å². The Labute approximate surface area is 144 Å². The van der Waals surface area contributed by atoms with E-state index < -0.39 is 0 Å². The summed E-state index contributed by atoms with van der Waals surface area (Å²) in [7, 11) is 0. The Balaban J connectivity index is 1.48. The van der Waals surface area contributed by atoms with Crippen LogP contribution < -0.4 is 4.90 Å². The van der Waals surface area contributed by atoms with E-state index in [1.807, 2.05) is 6.92 Å². The lowest BCUT2D eigenvalue weighted by Gasteiger charge is -2.41. The molecule has 1 amide bonds. The van der Waals surface area contributed by atoms with Crippen LogP contribution >= 0.6 is 0 Å². The normalized spacial score (nSPS) is 22.6. The van der Waals surface area contributed by atoms with Gasteiger partial charge in [0.2, 0.25) is 5.91 Å². The number of nitrogens with zero attached hydrogens (tertiary/aromatic N) is 4. The van der Waals surface area contributed by atoms with Crippen molar-refractivity contribution in [2.45, 2.75) is 70.8 Å². The summed E-state index contributed by atoms with van der Waals surface area (Å²) >= 11 is 0. The zero-order chi connectivity index (χ0) is 16.5. The van der Waals surface area contributed by atoms with Crippen LogP contribution in [0.2, 0.25) is 0 Å². The molecule has 2 saturated heterocycles. The van der Waals surface area contributed by atoms with Gasteiger partial charge in [-0.2, -0.15) is 0 Å². The number of piperidine rings is 2. The Morgan fingerprint density at radius 3 is 2.46 bits per heavy atom. The van der Waals surface area contributed by atoms with Gasteiger partial charge in [-0.15, -0.1) is 0 Å². The van der Waals surface area contributed by atoms with Crippen LogP contribution in [0.1, 0.15) is 62.0 Å². The highest BCUT2D eigenvalue weighted by Crippen LogP contribution is 2.31. The predicted molar refractivity (Wildman–Crippen MR) is 94.2 cm³/mol. The van der Waals surface area contributed by atoms with E-state index in [2.05, 4.69) is 14.8 Å². The first-order valence-corrected chi connectivity index (χ1v) is 9.63. The van der Waals surface area contributed by atoms with Crippen LogP contribution in [0, 0.1) is 6.92 Å². The van der Waals surface area contributed by atoms with E-state index >= 15 is 0 Å². The van der Waals surface area contributed by atoms with Crippen molar-refractivity contribution >= 4 is 11.7 Å². The molecule has 3 aliphatic rings. The van der Waals surface area contributed by atoms with Gasteiger partial charge in [-0.25, -0.2) is 9.97 Å². The van der Waals surface area contributed by atoms with Gasteiger partial charge in [-0.3, -0.25) is 4.79 Å². The molecule has 1 aromatic heterocycles. The number of fused-ring (bicyclic) bond motifs is 1. The van der Waals surface area contributed by atoms with Crippen LogP contribution in [0.5, 0.6) is 0 Å². The molecule has 3 heterocycles. The average molecular weight is 328 g/mol. The molecule has 5 heteroatoms. The minimum atomic E-state index is 0.370. The zero-order valence-electron chi connectivity index (χ0n) is 14.8. The van der Waals surface area contributed by atoms with Crippen molar-refractivity contribution in [3.05, 3.63) is 17.1 Å². The number of aryl methyl sites for hydroxylation is 2. The van der Waals surface area contributed by atoms with E-state index in [-0.39, 0.29) is 0 Å². The molecule has 1 aliphatic carbocycles. The summed E-state index contributed by atoms with van der Waals surface area (Å²) in [5, 5.41) is 0. The van der Waals surface area contributed by atoms with E-state index in [0.29, 0.717) is 11.9 Å². The average Bonchev–Trinajstić information content (AvgIpc) is 2.62. The molecule has 0 bridgehead atoms. The molecule has 24 heavy (non-hydrogen) atoms. The lowest BCUT2D eigenvalue weighted by molar-refractivity contribution is -0.136. The molecule has 0 saturated carbocycles. The molecular weight excluding hydrogens is 300 g/mol. The summed E-state index contributed by atoms with van der Waals surface area (Å²) < 4.78 is 0. The van der Waals surface area contributed by atoms with Crippen molar-refractivity contribution in [1.29, 1.82) is 0 Å². The van der Waals surface area contributed by atoms with Crippen LogP contribution in [0.25, 0.3) is 0 Å². The fourth-order valence-corrected chi connectivity index (χ4v) is 4.56. The van der Waals surface area contributed by atoms with Gasteiger partial charge in [0.1, 0.15) is 11.6 Å². The van der Waals surface area contributed by atoms with Crippen molar-refractivity contribution < 1.29 is 4.79 Å². The van der Waals surface area contributed by atoms with Gasteiger partial charge in [0, 0.05) is 43.4 Å². The van der Waals surface area contributed by atoms with Crippen LogP contribution in [0.4, 0.5) is 5.82 Å². The second-order valence-corrected chi connectivity index (χ2v) is 7.49. The molecule has 130 valence electrons. The molecule has 0 radical (unpaired) electrons. The molecule has 2 fully saturated rings. The molecule has 4 rings (SSSR count). The number of hydrogen-bond acceptors (Lipinski definition) is 4. The third-order valence-corrected chi connectivity index (χ3v) is 5.84. The van der Waals surface area contributed by atoms with Crippen LogP contribution in [0.15, 0.2) is 0 Å². The number of anilines is 1. The maximum absolute atomic E-state index is 12.2. The van der Waals surface area contributed by atoms with Crippen molar-refractivity contribution in [1.82, 2.24) is 14.9 Å². The highest BCUT2D eigenvalue weighted by molar-refractivity contribution is 5.77. The second kappa shape index (κ2) is 6.69. The van der Waals surface area contributed by atoms with Crippen molar-refractivity contribution in [2.75, 3.05) is 24.5 Å². The maximum Gasteiger partial charge on any atom is 0.222 e. The molecule has 5 nitrogen and oxygen atoms in total. The van der Waals surface area contributed by atoms with Crippen molar-refractivity contribution in [3.8, 4) is 0 Å². The summed E-state index contributed by atoms with van der Waals surface area (Å²) in [5.41, 5.74) is 2.66. The minimum Gasteiger partial charge on any atom is -0.356 e. The van der Waals surface area contributed by atoms with E-state index in [9.17, 15) is 4.79 Å². The molecule has 0 aromatic carbocycles. The van der Waals surface area contributed by atoms with E-state index in [1.165, 1.54) is 36.3 Å². The Morgan fingerprint density at radius 1 is 0.917 bits per heavy atom. The highest BCUT2D eigenvalue weighted by Gasteiger charge is 2.31. The highest BCUT2D eigenvalue weighted by atomic mass is 16.2. The molecule has 0 spiro atoms. The quantitative estimate of drug-likeness (QED) is 0.837. The topological polar surface area (TPSA) is 49.3 Å². The lowest BCUT2D eigenvalue weighted by Crippen LogP contribution is -2.49. The van der Waals surface area contributed by atoms with E-state index in [1.54, 1.807) is 0 Å². The second-order valence-electron chi connectivity index (χ2n) is 7.49. The van der Waals surface area contributed by atoms with Gasteiger partial charge in [0.15, 0.2) is 0 Å².